The lowest BCUT2D eigenvalue weighted by atomic mass is 10.2. The minimum absolute atomic E-state index is 0.177. The number of halogens is 2. The Morgan fingerprint density at radius 2 is 1.57 bits per heavy atom. The van der Waals surface area contributed by atoms with Gasteiger partial charge in [-0.15, -0.1) is 0 Å². The van der Waals surface area contributed by atoms with E-state index in [9.17, 15) is 9.59 Å². The Balaban J connectivity index is 1.45. The monoisotopic (exact) mass is 486 g/mol. The van der Waals surface area contributed by atoms with Gasteiger partial charge < -0.3 is 9.47 Å². The molecule has 0 spiro atoms. The van der Waals surface area contributed by atoms with Crippen LogP contribution in [0.5, 0.6) is 11.5 Å². The molecule has 3 aromatic carbocycles. The molecule has 1 N–H and O–H groups in total. The highest BCUT2D eigenvalue weighted by atomic mass is 79.9. The number of hydrazone groups is 1. The third kappa shape index (κ3) is 6.72. The topological polar surface area (TPSA) is 77.0 Å². The zero-order valence-corrected chi connectivity index (χ0v) is 17.9. The lowest BCUT2D eigenvalue weighted by molar-refractivity contribution is -0.123. The SMILES string of the molecule is O=C(COc1ccc(Cl)cc1)NN=Cc1ccc(OC(=O)c2ccc(Br)cc2)cc1. The summed E-state index contributed by atoms with van der Waals surface area (Å²) in [7, 11) is 0. The van der Waals surface area contributed by atoms with Crippen LogP contribution in [0.25, 0.3) is 0 Å². The van der Waals surface area contributed by atoms with Crippen molar-refractivity contribution in [2.75, 3.05) is 6.61 Å². The predicted octanol–water partition coefficient (Wildman–Crippen LogP) is 4.85. The van der Waals surface area contributed by atoms with Crippen molar-refractivity contribution >= 4 is 45.6 Å². The van der Waals surface area contributed by atoms with Gasteiger partial charge in [0.1, 0.15) is 11.5 Å². The maximum Gasteiger partial charge on any atom is 0.343 e. The summed E-state index contributed by atoms with van der Waals surface area (Å²) in [5, 5.41) is 4.46. The van der Waals surface area contributed by atoms with Gasteiger partial charge in [0, 0.05) is 9.50 Å². The summed E-state index contributed by atoms with van der Waals surface area (Å²) in [6.07, 6.45) is 1.47. The molecule has 0 saturated carbocycles. The summed E-state index contributed by atoms with van der Waals surface area (Å²) in [4.78, 5) is 23.9. The van der Waals surface area contributed by atoms with E-state index in [2.05, 4.69) is 26.5 Å². The quantitative estimate of drug-likeness (QED) is 0.224. The van der Waals surface area contributed by atoms with Crippen LogP contribution in [0, 0.1) is 0 Å². The van der Waals surface area contributed by atoms with Gasteiger partial charge in [0.2, 0.25) is 0 Å². The number of esters is 1. The molecule has 0 aliphatic carbocycles. The van der Waals surface area contributed by atoms with Crippen LogP contribution in [0.2, 0.25) is 5.02 Å². The van der Waals surface area contributed by atoms with Crippen molar-refractivity contribution in [3.05, 3.63) is 93.4 Å². The van der Waals surface area contributed by atoms with Gasteiger partial charge >= 0.3 is 5.97 Å². The molecular formula is C22H16BrClN2O4. The minimum Gasteiger partial charge on any atom is -0.484 e. The third-order valence-corrected chi connectivity index (χ3v) is 4.54. The number of nitrogens with one attached hydrogen (secondary N) is 1. The molecule has 3 rings (SSSR count). The van der Waals surface area contributed by atoms with Crippen LogP contribution in [-0.4, -0.2) is 24.7 Å². The Morgan fingerprint density at radius 1 is 0.933 bits per heavy atom. The number of benzene rings is 3. The molecule has 0 atom stereocenters. The van der Waals surface area contributed by atoms with Gasteiger partial charge in [-0.3, -0.25) is 4.79 Å². The van der Waals surface area contributed by atoms with E-state index in [1.165, 1.54) is 6.21 Å². The van der Waals surface area contributed by atoms with E-state index in [0.717, 1.165) is 10.0 Å². The molecule has 8 heteroatoms. The zero-order valence-electron chi connectivity index (χ0n) is 15.5. The van der Waals surface area contributed by atoms with Crippen LogP contribution in [0.15, 0.2) is 82.4 Å². The van der Waals surface area contributed by atoms with Crippen molar-refractivity contribution in [3.8, 4) is 11.5 Å². The number of rotatable bonds is 7. The van der Waals surface area contributed by atoms with Crippen molar-refractivity contribution in [2.45, 2.75) is 0 Å². The molecule has 0 aromatic heterocycles. The van der Waals surface area contributed by atoms with E-state index >= 15 is 0 Å². The van der Waals surface area contributed by atoms with Gasteiger partial charge in [-0.2, -0.15) is 5.10 Å². The highest BCUT2D eigenvalue weighted by Crippen LogP contribution is 2.16. The van der Waals surface area contributed by atoms with Crippen molar-refractivity contribution in [1.29, 1.82) is 0 Å². The summed E-state index contributed by atoms with van der Waals surface area (Å²) in [5.41, 5.74) is 3.55. The van der Waals surface area contributed by atoms with Crippen molar-refractivity contribution in [2.24, 2.45) is 5.10 Å². The Kier molecular flexibility index (Phi) is 7.59. The first-order valence-corrected chi connectivity index (χ1v) is 9.95. The summed E-state index contributed by atoms with van der Waals surface area (Å²) >= 11 is 9.11. The first-order chi connectivity index (χ1) is 14.5. The van der Waals surface area contributed by atoms with Gasteiger partial charge in [-0.25, -0.2) is 10.2 Å². The number of nitrogens with zero attached hydrogens (tertiary/aromatic N) is 1. The van der Waals surface area contributed by atoms with Crippen molar-refractivity contribution in [3.63, 3.8) is 0 Å². The molecule has 0 radical (unpaired) electrons. The molecule has 30 heavy (non-hydrogen) atoms. The Morgan fingerprint density at radius 3 is 2.23 bits per heavy atom. The van der Waals surface area contributed by atoms with E-state index in [4.69, 9.17) is 21.1 Å². The van der Waals surface area contributed by atoms with Gasteiger partial charge in [0.15, 0.2) is 6.61 Å². The van der Waals surface area contributed by atoms with Gasteiger partial charge in [-0.1, -0.05) is 27.5 Å². The van der Waals surface area contributed by atoms with Crippen molar-refractivity contribution < 1.29 is 19.1 Å². The van der Waals surface area contributed by atoms with Crippen LogP contribution in [0.4, 0.5) is 0 Å². The maximum absolute atomic E-state index is 12.1. The normalized spacial score (nSPS) is 10.6. The van der Waals surface area contributed by atoms with E-state index < -0.39 is 11.9 Å². The second-order valence-corrected chi connectivity index (χ2v) is 7.35. The lowest BCUT2D eigenvalue weighted by Crippen LogP contribution is -2.24. The summed E-state index contributed by atoms with van der Waals surface area (Å²) < 4.78 is 11.5. The molecule has 0 fully saturated rings. The number of carbonyl (C=O) groups is 2. The zero-order chi connectivity index (χ0) is 21.3. The predicted molar refractivity (Wildman–Crippen MR) is 118 cm³/mol. The summed E-state index contributed by atoms with van der Waals surface area (Å²) in [6.45, 7) is -0.177. The van der Waals surface area contributed by atoms with Crippen LogP contribution in [0.3, 0.4) is 0 Å². The van der Waals surface area contributed by atoms with Gasteiger partial charge in [0.05, 0.1) is 11.8 Å². The minimum atomic E-state index is -0.447. The van der Waals surface area contributed by atoms with E-state index in [-0.39, 0.29) is 6.61 Å². The summed E-state index contributed by atoms with van der Waals surface area (Å²) in [5.74, 6) is 0.0883. The first kappa shape index (κ1) is 21.5. The number of hydrogen-bond donors (Lipinski definition) is 1. The number of ether oxygens (including phenoxy) is 2. The average molecular weight is 488 g/mol. The van der Waals surface area contributed by atoms with Crippen LogP contribution in [-0.2, 0) is 4.79 Å². The maximum atomic E-state index is 12.1. The van der Waals surface area contributed by atoms with Crippen molar-refractivity contribution in [1.82, 2.24) is 5.43 Å². The molecule has 0 bridgehead atoms. The molecular weight excluding hydrogens is 472 g/mol. The third-order valence-electron chi connectivity index (χ3n) is 3.76. The standard InChI is InChI=1S/C22H16BrClN2O4/c23-17-5-3-16(4-6-17)22(28)30-20-9-1-15(2-10-20)13-25-26-21(27)14-29-19-11-7-18(24)8-12-19/h1-13H,14H2,(H,26,27). The molecule has 1 amide bonds. The number of amides is 1. The Bertz CT molecular complexity index is 1040. The van der Waals surface area contributed by atoms with E-state index in [1.54, 1.807) is 72.8 Å². The second kappa shape index (κ2) is 10.6. The highest BCUT2D eigenvalue weighted by Gasteiger charge is 2.08. The lowest BCUT2D eigenvalue weighted by Gasteiger charge is -2.05. The van der Waals surface area contributed by atoms with Gasteiger partial charge in [0.25, 0.3) is 5.91 Å². The smallest absolute Gasteiger partial charge is 0.343 e. The molecule has 0 aliphatic heterocycles. The Hall–Kier alpha value is -3.16. The van der Waals surface area contributed by atoms with Gasteiger partial charge in [-0.05, 0) is 78.4 Å². The Labute approximate surface area is 186 Å². The highest BCUT2D eigenvalue weighted by molar-refractivity contribution is 9.10. The first-order valence-electron chi connectivity index (χ1n) is 8.78. The van der Waals surface area contributed by atoms with Crippen LogP contribution >= 0.6 is 27.5 Å². The fourth-order valence-corrected chi connectivity index (χ4v) is 2.65. The fraction of sp³-hybridized carbons (Fsp3) is 0.0455. The van der Waals surface area contributed by atoms with Crippen LogP contribution in [0.1, 0.15) is 15.9 Å². The van der Waals surface area contributed by atoms with E-state index in [0.29, 0.717) is 22.1 Å². The molecule has 152 valence electrons. The number of carbonyl (C=O) groups excluding carboxylic acids is 2. The second-order valence-electron chi connectivity index (χ2n) is 6.00. The van der Waals surface area contributed by atoms with Crippen LogP contribution < -0.4 is 14.9 Å². The molecule has 6 nitrogen and oxygen atoms in total. The number of hydrogen-bond acceptors (Lipinski definition) is 5. The summed E-state index contributed by atoms with van der Waals surface area (Å²) in [6, 6.07) is 20.3. The van der Waals surface area contributed by atoms with E-state index in [1.807, 2.05) is 0 Å². The molecule has 3 aromatic rings. The molecule has 0 unspecified atom stereocenters. The fourth-order valence-electron chi connectivity index (χ4n) is 2.26. The molecule has 0 heterocycles. The largest absolute Gasteiger partial charge is 0.484 e. The molecule has 0 saturated heterocycles. The molecule has 0 aliphatic rings. The average Bonchev–Trinajstić information content (AvgIpc) is 2.75.